The van der Waals surface area contributed by atoms with Gasteiger partial charge in [0.15, 0.2) is 0 Å². The number of esters is 6. The molecule has 0 aromatic heterocycles. The van der Waals surface area contributed by atoms with Gasteiger partial charge in [-0.25, -0.2) is 0 Å². The highest BCUT2D eigenvalue weighted by atomic mass is 16.6. The Balaban J connectivity index is 3.88. The van der Waals surface area contributed by atoms with E-state index in [-0.39, 0.29) is 49.6 Å². The van der Waals surface area contributed by atoms with Gasteiger partial charge in [-0.2, -0.15) is 0 Å². The predicted molar refractivity (Wildman–Crippen MR) is 326 cm³/mol. The second-order valence-corrected chi connectivity index (χ2v) is 24.7. The number of aliphatic hydroxyl groups is 2. The zero-order valence-corrected chi connectivity index (χ0v) is 53.4. The molecule has 4 atom stereocenters. The third kappa shape index (κ3) is 54.1. The molecule has 0 radical (unpaired) electrons. The molecule has 0 aromatic carbocycles. The summed E-state index contributed by atoms with van der Waals surface area (Å²) in [4.78, 5) is 73.6. The molecule has 0 fully saturated rings. The van der Waals surface area contributed by atoms with Gasteiger partial charge in [0.25, 0.3) is 0 Å². The Hall–Kier alpha value is -3.86. The van der Waals surface area contributed by atoms with Gasteiger partial charge < -0.3 is 47.6 Å². The van der Waals surface area contributed by atoms with Crippen LogP contribution in [0.15, 0.2) is 24.3 Å². The minimum atomic E-state index is -0.772. The Bertz CT molecular complexity index is 1550. The van der Waals surface area contributed by atoms with E-state index in [9.17, 15) is 39.0 Å². The summed E-state index contributed by atoms with van der Waals surface area (Å²) >= 11 is 0. The number of hydrogen-bond acceptors (Lipinski definition) is 14. The van der Waals surface area contributed by atoms with Crippen molar-refractivity contribution in [2.45, 2.75) is 282 Å². The van der Waals surface area contributed by atoms with Gasteiger partial charge >= 0.3 is 35.8 Å². The minimum absolute atomic E-state index is 0.109. The van der Waals surface area contributed by atoms with Crippen LogP contribution >= 0.6 is 0 Å². The lowest BCUT2D eigenvalue weighted by Crippen LogP contribution is -2.38. The maximum atomic E-state index is 12.6. The second-order valence-electron chi connectivity index (χ2n) is 24.7. The molecule has 0 amide bonds. The van der Waals surface area contributed by atoms with Crippen LogP contribution in [0.4, 0.5) is 0 Å². The molecular formula is C66H122N2O14+2. The highest BCUT2D eigenvalue weighted by Crippen LogP contribution is 2.19. The summed E-state index contributed by atoms with van der Waals surface area (Å²) in [6.07, 6.45) is 35.8. The molecule has 0 heterocycles. The van der Waals surface area contributed by atoms with Crippen LogP contribution in [-0.2, 0) is 57.2 Å². The van der Waals surface area contributed by atoms with Gasteiger partial charge in [-0.1, -0.05) is 141 Å². The molecule has 16 heteroatoms. The van der Waals surface area contributed by atoms with Crippen molar-refractivity contribution in [3.05, 3.63) is 24.3 Å². The molecule has 0 aliphatic carbocycles. The molecule has 16 nitrogen and oxygen atoms in total. The van der Waals surface area contributed by atoms with Crippen LogP contribution < -0.4 is 0 Å². The molecule has 0 spiro atoms. The highest BCUT2D eigenvalue weighted by molar-refractivity contribution is 5.73. The number of allylic oxidation sites excluding steroid dienone is 2. The van der Waals surface area contributed by atoms with Gasteiger partial charge in [0.2, 0.25) is 0 Å². The largest absolute Gasteiger partial charge is 0.466 e. The predicted octanol–water partition coefficient (Wildman–Crippen LogP) is 13.1. The number of hydrogen-bond donors (Lipinski definition) is 2. The summed E-state index contributed by atoms with van der Waals surface area (Å²) in [5, 5.41) is 21.7. The lowest BCUT2D eigenvalue weighted by Gasteiger charge is -2.23. The number of carbonyl (C=O) groups excluding carboxylic acids is 6. The first-order valence-corrected chi connectivity index (χ1v) is 32.5. The number of aliphatic hydroxyl groups excluding tert-OH is 2. The van der Waals surface area contributed by atoms with Crippen LogP contribution in [-0.4, -0.2) is 161 Å². The van der Waals surface area contributed by atoms with Crippen LogP contribution in [0.3, 0.4) is 0 Å². The van der Waals surface area contributed by atoms with Gasteiger partial charge in [0.1, 0.15) is 38.5 Å². The Morgan fingerprint density at radius 3 is 0.976 bits per heavy atom. The zero-order chi connectivity index (χ0) is 61.0. The molecular weight excluding hydrogens is 1040 g/mol. The van der Waals surface area contributed by atoms with E-state index in [1.807, 2.05) is 54.4 Å². The molecule has 0 saturated carbocycles. The van der Waals surface area contributed by atoms with Crippen molar-refractivity contribution in [3.63, 3.8) is 0 Å². The number of rotatable bonds is 57. The molecule has 478 valence electrons. The Morgan fingerprint density at radius 1 is 0.341 bits per heavy atom. The Kier molecular flexibility index (Phi) is 50.2. The Morgan fingerprint density at radius 2 is 0.634 bits per heavy atom. The summed E-state index contributed by atoms with van der Waals surface area (Å²) in [6, 6.07) is 0. The average molecular weight is 1170 g/mol. The SMILES string of the molecule is CCCCCC(OC(=O)CCCC(=O)OCC[N+](C)(C)C)C(O)CC=CCCCCCCCC(=O)OCCCCCCCCCCOC(=O)CCCCCCCC=CCC(O)C(CCCCC)OC(=O)CCCC(=O)OCC[N+](C)(C)C. The van der Waals surface area contributed by atoms with Gasteiger partial charge in [0, 0.05) is 38.5 Å². The first-order chi connectivity index (χ1) is 39.3. The van der Waals surface area contributed by atoms with Crippen LogP contribution in [0.25, 0.3) is 0 Å². The van der Waals surface area contributed by atoms with Crippen molar-refractivity contribution in [3.8, 4) is 0 Å². The molecule has 0 aliphatic rings. The molecule has 0 saturated heterocycles. The Labute approximate surface area is 498 Å². The fourth-order valence-electron chi connectivity index (χ4n) is 8.99. The summed E-state index contributed by atoms with van der Waals surface area (Å²) < 4.78 is 34.3. The number of ether oxygens (including phenoxy) is 6. The number of unbranched alkanes of at least 4 members (excludes halogenated alkanes) is 21. The molecule has 0 rings (SSSR count). The number of carbonyl (C=O) groups is 6. The maximum Gasteiger partial charge on any atom is 0.306 e. The molecule has 2 N–H and O–H groups in total. The first-order valence-electron chi connectivity index (χ1n) is 32.5. The lowest BCUT2D eigenvalue weighted by atomic mass is 10.0. The van der Waals surface area contributed by atoms with Crippen LogP contribution in [0.1, 0.15) is 258 Å². The second kappa shape index (κ2) is 52.7. The van der Waals surface area contributed by atoms with Crippen LogP contribution in [0.5, 0.6) is 0 Å². The van der Waals surface area contributed by atoms with Gasteiger partial charge in [-0.05, 0) is 103 Å². The molecule has 82 heavy (non-hydrogen) atoms. The minimum Gasteiger partial charge on any atom is -0.466 e. The quantitative estimate of drug-likeness (QED) is 0.0192. The van der Waals surface area contributed by atoms with Crippen molar-refractivity contribution < 1.29 is 76.4 Å². The average Bonchev–Trinajstić information content (AvgIpc) is 3.41. The maximum absolute atomic E-state index is 12.6. The normalized spacial score (nSPS) is 13.4. The van der Waals surface area contributed by atoms with E-state index in [1.54, 1.807) is 0 Å². The van der Waals surface area contributed by atoms with Crippen LogP contribution in [0, 0.1) is 0 Å². The summed E-state index contributed by atoms with van der Waals surface area (Å²) in [6.45, 7) is 7.33. The molecule has 0 aliphatic heterocycles. The van der Waals surface area contributed by atoms with Crippen molar-refractivity contribution in [2.75, 3.05) is 81.8 Å². The standard InChI is InChI=1S/C66H122N2O14/c1-9-11-31-43-59(81-65(75)49-39-47-63(73)79-55-51-67(3,4)5)57(69)41-33-25-19-13-15-21-27-35-45-61(71)77-53-37-29-23-17-18-24-30-38-54-78-62(72)46-36-28-22-16-14-20-26-34-42-58(70)60(44-32-12-10-2)82-66(76)50-40-48-64(74)80-56-52-68(6,7)8/h25-26,33-34,57-60,69-70H,9-24,27-32,35-56H2,1-8H3/q+2. The van der Waals surface area contributed by atoms with Crippen molar-refractivity contribution >= 4 is 35.8 Å². The lowest BCUT2D eigenvalue weighted by molar-refractivity contribution is -0.870. The van der Waals surface area contributed by atoms with E-state index in [0.29, 0.717) is 86.8 Å². The van der Waals surface area contributed by atoms with E-state index >= 15 is 0 Å². The van der Waals surface area contributed by atoms with Crippen molar-refractivity contribution in [1.82, 2.24) is 0 Å². The van der Waals surface area contributed by atoms with E-state index in [2.05, 4.69) is 26.0 Å². The van der Waals surface area contributed by atoms with Crippen molar-refractivity contribution in [2.24, 2.45) is 0 Å². The third-order valence-electron chi connectivity index (χ3n) is 14.3. The van der Waals surface area contributed by atoms with Crippen LogP contribution in [0.2, 0.25) is 0 Å². The summed E-state index contributed by atoms with van der Waals surface area (Å²) in [5.74, 6) is -1.62. The monoisotopic (exact) mass is 1170 g/mol. The topological polar surface area (TPSA) is 198 Å². The van der Waals surface area contributed by atoms with E-state index in [0.717, 1.165) is 180 Å². The van der Waals surface area contributed by atoms with Crippen molar-refractivity contribution in [1.29, 1.82) is 0 Å². The molecule has 0 aromatic rings. The number of nitrogens with zero attached hydrogens (tertiary/aromatic N) is 2. The van der Waals surface area contributed by atoms with Gasteiger partial charge in [-0.3, -0.25) is 28.8 Å². The van der Waals surface area contributed by atoms with E-state index in [4.69, 9.17) is 28.4 Å². The number of likely N-dealkylation sites (N-methyl/N-ethyl adjacent to an activating group) is 2. The van der Waals surface area contributed by atoms with E-state index < -0.39 is 36.4 Å². The smallest absolute Gasteiger partial charge is 0.306 e. The fourth-order valence-corrected chi connectivity index (χ4v) is 8.99. The number of quaternary nitrogens is 2. The van der Waals surface area contributed by atoms with Gasteiger partial charge in [-0.15, -0.1) is 0 Å². The highest BCUT2D eigenvalue weighted by Gasteiger charge is 2.24. The zero-order valence-electron chi connectivity index (χ0n) is 53.4. The summed E-state index contributed by atoms with van der Waals surface area (Å²) in [5.41, 5.74) is 0. The fraction of sp³-hybridized carbons (Fsp3) is 0.848. The van der Waals surface area contributed by atoms with Gasteiger partial charge in [0.05, 0.1) is 67.7 Å². The molecule has 0 bridgehead atoms. The first kappa shape index (κ1) is 78.1. The molecule has 4 unspecified atom stereocenters. The third-order valence-corrected chi connectivity index (χ3v) is 14.3. The van der Waals surface area contributed by atoms with E-state index in [1.165, 1.54) is 0 Å². The summed E-state index contributed by atoms with van der Waals surface area (Å²) in [7, 11) is 12.2.